The summed E-state index contributed by atoms with van der Waals surface area (Å²) in [6, 6.07) is 14.8. The molecule has 0 fully saturated rings. The summed E-state index contributed by atoms with van der Waals surface area (Å²) in [5.41, 5.74) is 6.29. The number of nitrogen functional groups attached to an aromatic ring is 1. The molecule has 0 saturated heterocycles. The number of aliphatic hydroxyl groups excluding tert-OH is 1. The second-order valence-corrected chi connectivity index (χ2v) is 5.40. The number of hydrogen-bond acceptors (Lipinski definition) is 5. The van der Waals surface area contributed by atoms with Gasteiger partial charge in [-0.15, -0.1) is 11.8 Å². The third-order valence-corrected chi connectivity index (χ3v) is 3.55. The Morgan fingerprint density at radius 2 is 1.71 bits per heavy atom. The average molecular weight is 305 g/mol. The predicted molar refractivity (Wildman–Crippen MR) is 86.1 cm³/mol. The zero-order valence-corrected chi connectivity index (χ0v) is 12.7. The van der Waals surface area contributed by atoms with Gasteiger partial charge >= 0.3 is 0 Å². The normalized spacial score (nSPS) is 11.9. The van der Waals surface area contributed by atoms with Gasteiger partial charge in [0, 0.05) is 16.6 Å². The van der Waals surface area contributed by atoms with Crippen LogP contribution in [-0.2, 0) is 0 Å². The fourth-order valence-corrected chi connectivity index (χ4v) is 2.12. The maximum atomic E-state index is 9.86. The van der Waals surface area contributed by atoms with Crippen molar-refractivity contribution in [1.82, 2.24) is 0 Å². The summed E-state index contributed by atoms with van der Waals surface area (Å²) < 4.78 is 11.0. The smallest absolute Gasteiger partial charge is 0.122 e. The molecule has 0 saturated carbocycles. The van der Waals surface area contributed by atoms with E-state index < -0.39 is 6.10 Å². The molecule has 0 aliphatic heterocycles. The SMILES string of the molecule is CSc1ccc(OCC(O)COc2cccc(N)c2)cc1. The van der Waals surface area contributed by atoms with Gasteiger partial charge in [-0.25, -0.2) is 0 Å². The molecule has 3 N–H and O–H groups in total. The van der Waals surface area contributed by atoms with E-state index >= 15 is 0 Å². The molecule has 5 heteroatoms. The van der Waals surface area contributed by atoms with E-state index in [2.05, 4.69) is 0 Å². The van der Waals surface area contributed by atoms with Crippen LogP contribution in [0.15, 0.2) is 53.4 Å². The van der Waals surface area contributed by atoms with Crippen LogP contribution in [0, 0.1) is 0 Å². The van der Waals surface area contributed by atoms with Gasteiger partial charge in [0.25, 0.3) is 0 Å². The van der Waals surface area contributed by atoms with Gasteiger partial charge in [0.2, 0.25) is 0 Å². The van der Waals surface area contributed by atoms with Crippen LogP contribution in [0.1, 0.15) is 0 Å². The topological polar surface area (TPSA) is 64.7 Å². The molecule has 4 nitrogen and oxygen atoms in total. The Labute approximate surface area is 128 Å². The molecule has 1 unspecified atom stereocenters. The van der Waals surface area contributed by atoms with E-state index in [1.807, 2.05) is 30.5 Å². The van der Waals surface area contributed by atoms with Crippen LogP contribution in [0.2, 0.25) is 0 Å². The molecule has 112 valence electrons. The largest absolute Gasteiger partial charge is 0.491 e. The van der Waals surface area contributed by atoms with Gasteiger partial charge in [0.15, 0.2) is 0 Å². The van der Waals surface area contributed by atoms with Crippen molar-refractivity contribution in [1.29, 1.82) is 0 Å². The van der Waals surface area contributed by atoms with Crippen molar-refractivity contribution < 1.29 is 14.6 Å². The highest BCUT2D eigenvalue weighted by atomic mass is 32.2. The van der Waals surface area contributed by atoms with Crippen LogP contribution < -0.4 is 15.2 Å². The Bertz CT molecular complexity index is 560. The van der Waals surface area contributed by atoms with E-state index in [1.54, 1.807) is 36.0 Å². The van der Waals surface area contributed by atoms with Crippen LogP contribution in [0.4, 0.5) is 5.69 Å². The predicted octanol–water partition coefficient (Wildman–Crippen LogP) is 2.81. The average Bonchev–Trinajstić information content (AvgIpc) is 2.51. The van der Waals surface area contributed by atoms with Gasteiger partial charge in [-0.3, -0.25) is 0 Å². The van der Waals surface area contributed by atoms with Gasteiger partial charge in [0.1, 0.15) is 30.8 Å². The summed E-state index contributed by atoms with van der Waals surface area (Å²) in [6.07, 6.45) is 1.32. The molecule has 0 heterocycles. The lowest BCUT2D eigenvalue weighted by molar-refractivity contribution is 0.0626. The molecular formula is C16H19NO3S. The van der Waals surface area contributed by atoms with E-state index in [9.17, 15) is 5.11 Å². The van der Waals surface area contributed by atoms with E-state index in [4.69, 9.17) is 15.2 Å². The van der Waals surface area contributed by atoms with Gasteiger partial charge in [-0.1, -0.05) is 6.07 Å². The number of ether oxygens (including phenoxy) is 2. The number of thioether (sulfide) groups is 1. The highest BCUT2D eigenvalue weighted by Crippen LogP contribution is 2.19. The number of aliphatic hydroxyl groups is 1. The van der Waals surface area contributed by atoms with Crippen molar-refractivity contribution in [2.75, 3.05) is 25.2 Å². The van der Waals surface area contributed by atoms with Crippen molar-refractivity contribution >= 4 is 17.4 Å². The standard InChI is InChI=1S/C16H19NO3S/c1-21-16-7-5-14(6-8-16)19-10-13(18)11-20-15-4-2-3-12(17)9-15/h2-9,13,18H,10-11,17H2,1H3. The number of anilines is 1. The minimum Gasteiger partial charge on any atom is -0.491 e. The van der Waals surface area contributed by atoms with Crippen molar-refractivity contribution in [2.24, 2.45) is 0 Å². The van der Waals surface area contributed by atoms with Gasteiger partial charge in [-0.2, -0.15) is 0 Å². The fourth-order valence-electron chi connectivity index (χ4n) is 1.71. The van der Waals surface area contributed by atoms with E-state index in [1.165, 1.54) is 4.90 Å². The Morgan fingerprint density at radius 1 is 1.05 bits per heavy atom. The minimum absolute atomic E-state index is 0.159. The van der Waals surface area contributed by atoms with Crippen LogP contribution >= 0.6 is 11.8 Å². The van der Waals surface area contributed by atoms with Crippen molar-refractivity contribution in [3.8, 4) is 11.5 Å². The Kier molecular flexibility index (Phi) is 5.78. The Balaban J connectivity index is 1.75. The lowest BCUT2D eigenvalue weighted by Gasteiger charge is -2.14. The Morgan fingerprint density at radius 3 is 2.33 bits per heavy atom. The van der Waals surface area contributed by atoms with Crippen LogP contribution in [0.3, 0.4) is 0 Å². The first-order valence-electron chi connectivity index (χ1n) is 6.60. The molecule has 0 radical (unpaired) electrons. The molecule has 2 rings (SSSR count). The zero-order chi connectivity index (χ0) is 15.1. The van der Waals surface area contributed by atoms with Gasteiger partial charge < -0.3 is 20.3 Å². The lowest BCUT2D eigenvalue weighted by atomic mass is 10.3. The number of hydrogen-bond donors (Lipinski definition) is 2. The highest BCUT2D eigenvalue weighted by molar-refractivity contribution is 7.98. The van der Waals surface area contributed by atoms with Crippen molar-refractivity contribution in [3.05, 3.63) is 48.5 Å². The molecule has 0 spiro atoms. The molecule has 0 bridgehead atoms. The maximum absolute atomic E-state index is 9.86. The third-order valence-electron chi connectivity index (χ3n) is 2.80. The zero-order valence-electron chi connectivity index (χ0n) is 11.9. The Hall–Kier alpha value is -1.85. The van der Waals surface area contributed by atoms with E-state index in [0.717, 1.165) is 5.75 Å². The quantitative estimate of drug-likeness (QED) is 0.608. The molecule has 2 aromatic rings. The summed E-state index contributed by atoms with van der Waals surface area (Å²) >= 11 is 1.67. The summed E-state index contributed by atoms with van der Waals surface area (Å²) in [5, 5.41) is 9.86. The second kappa shape index (κ2) is 7.81. The summed E-state index contributed by atoms with van der Waals surface area (Å²) in [4.78, 5) is 1.17. The molecule has 0 aliphatic rings. The third kappa shape index (κ3) is 5.21. The second-order valence-electron chi connectivity index (χ2n) is 4.52. The van der Waals surface area contributed by atoms with E-state index in [-0.39, 0.29) is 13.2 Å². The highest BCUT2D eigenvalue weighted by Gasteiger charge is 2.07. The number of rotatable bonds is 7. The van der Waals surface area contributed by atoms with Crippen LogP contribution in [0.25, 0.3) is 0 Å². The molecule has 1 atom stereocenters. The monoisotopic (exact) mass is 305 g/mol. The molecule has 0 aliphatic carbocycles. The number of nitrogens with two attached hydrogens (primary N) is 1. The van der Waals surface area contributed by atoms with Crippen LogP contribution in [0.5, 0.6) is 11.5 Å². The molecule has 21 heavy (non-hydrogen) atoms. The number of benzene rings is 2. The first-order valence-corrected chi connectivity index (χ1v) is 7.83. The first kappa shape index (κ1) is 15.5. The van der Waals surface area contributed by atoms with E-state index in [0.29, 0.717) is 11.4 Å². The van der Waals surface area contributed by atoms with Crippen molar-refractivity contribution in [3.63, 3.8) is 0 Å². The van der Waals surface area contributed by atoms with Crippen LogP contribution in [-0.4, -0.2) is 30.7 Å². The van der Waals surface area contributed by atoms with Gasteiger partial charge in [0.05, 0.1) is 0 Å². The maximum Gasteiger partial charge on any atom is 0.122 e. The molecular weight excluding hydrogens is 286 g/mol. The summed E-state index contributed by atoms with van der Waals surface area (Å²) in [7, 11) is 0. The molecule has 0 amide bonds. The van der Waals surface area contributed by atoms with Crippen molar-refractivity contribution in [2.45, 2.75) is 11.0 Å². The first-order chi connectivity index (χ1) is 10.2. The fraction of sp³-hybridized carbons (Fsp3) is 0.250. The lowest BCUT2D eigenvalue weighted by Crippen LogP contribution is -2.25. The molecule has 0 aromatic heterocycles. The van der Waals surface area contributed by atoms with Gasteiger partial charge in [-0.05, 0) is 42.7 Å². The summed E-state index contributed by atoms with van der Waals surface area (Å²) in [6.45, 7) is 0.341. The molecule has 2 aromatic carbocycles. The summed E-state index contributed by atoms with van der Waals surface area (Å²) in [5.74, 6) is 1.37. The minimum atomic E-state index is -0.702.